The van der Waals surface area contributed by atoms with E-state index in [1.165, 1.54) is 6.08 Å². The molecule has 0 heterocycles. The molecule has 1 aliphatic rings. The van der Waals surface area contributed by atoms with Crippen LogP contribution in [0.15, 0.2) is 11.6 Å². The Labute approximate surface area is 91.6 Å². The van der Waals surface area contributed by atoms with Gasteiger partial charge >= 0.3 is 5.97 Å². The summed E-state index contributed by atoms with van der Waals surface area (Å²) in [4.78, 5) is 10.5. The molecule has 0 aromatic heterocycles. The minimum atomic E-state index is -0.813. The average molecular weight is 211 g/mol. The van der Waals surface area contributed by atoms with Gasteiger partial charge in [0.15, 0.2) is 0 Å². The van der Waals surface area contributed by atoms with E-state index in [1.807, 2.05) is 0 Å². The highest BCUT2D eigenvalue weighted by atomic mass is 16.4. The Morgan fingerprint density at radius 3 is 2.33 bits per heavy atom. The summed E-state index contributed by atoms with van der Waals surface area (Å²) in [5, 5.41) is 12.2. The van der Waals surface area contributed by atoms with Gasteiger partial charge in [0.1, 0.15) is 0 Å². The molecule has 0 aromatic carbocycles. The van der Waals surface area contributed by atoms with E-state index >= 15 is 0 Å². The van der Waals surface area contributed by atoms with Crippen molar-refractivity contribution in [2.45, 2.75) is 58.0 Å². The molecule has 2 N–H and O–H groups in total. The van der Waals surface area contributed by atoms with Crippen LogP contribution in [0.2, 0.25) is 0 Å². The van der Waals surface area contributed by atoms with Gasteiger partial charge in [0, 0.05) is 17.7 Å². The first-order valence-electron chi connectivity index (χ1n) is 5.57. The molecule has 1 aliphatic carbocycles. The first-order valence-corrected chi connectivity index (χ1v) is 5.57. The zero-order valence-electron chi connectivity index (χ0n) is 9.84. The summed E-state index contributed by atoms with van der Waals surface area (Å²) in [5.41, 5.74) is 1.23. The van der Waals surface area contributed by atoms with E-state index < -0.39 is 5.97 Å². The van der Waals surface area contributed by atoms with Gasteiger partial charge in [-0.3, -0.25) is 0 Å². The summed E-state index contributed by atoms with van der Waals surface area (Å²) in [6.07, 6.45) is 5.31. The van der Waals surface area contributed by atoms with Crippen LogP contribution in [0.5, 0.6) is 0 Å². The maximum Gasteiger partial charge on any atom is 0.328 e. The van der Waals surface area contributed by atoms with Crippen LogP contribution in [0.4, 0.5) is 0 Å². The lowest BCUT2D eigenvalue weighted by atomic mass is 9.89. The molecule has 0 amide bonds. The fourth-order valence-corrected chi connectivity index (χ4v) is 2.06. The van der Waals surface area contributed by atoms with Gasteiger partial charge in [0.25, 0.3) is 0 Å². The van der Waals surface area contributed by atoms with Crippen molar-refractivity contribution in [3.63, 3.8) is 0 Å². The van der Waals surface area contributed by atoms with Crippen LogP contribution >= 0.6 is 0 Å². The molecule has 0 radical (unpaired) electrons. The van der Waals surface area contributed by atoms with Crippen molar-refractivity contribution in [3.05, 3.63) is 11.6 Å². The maximum atomic E-state index is 10.5. The largest absolute Gasteiger partial charge is 0.478 e. The topological polar surface area (TPSA) is 49.3 Å². The minimum absolute atomic E-state index is 0.151. The van der Waals surface area contributed by atoms with Crippen molar-refractivity contribution in [2.75, 3.05) is 0 Å². The van der Waals surface area contributed by atoms with E-state index in [9.17, 15) is 4.79 Å². The Morgan fingerprint density at radius 1 is 1.40 bits per heavy atom. The monoisotopic (exact) mass is 211 g/mol. The number of hydrogen-bond acceptors (Lipinski definition) is 2. The molecule has 15 heavy (non-hydrogen) atoms. The number of rotatable bonds is 2. The van der Waals surface area contributed by atoms with E-state index in [2.05, 4.69) is 26.1 Å². The van der Waals surface area contributed by atoms with E-state index in [-0.39, 0.29) is 5.54 Å². The van der Waals surface area contributed by atoms with Crippen LogP contribution < -0.4 is 5.32 Å². The van der Waals surface area contributed by atoms with Crippen molar-refractivity contribution in [3.8, 4) is 0 Å². The lowest BCUT2D eigenvalue weighted by molar-refractivity contribution is -0.131. The molecule has 3 heteroatoms. The summed E-state index contributed by atoms with van der Waals surface area (Å²) < 4.78 is 0. The number of carbonyl (C=O) groups is 1. The van der Waals surface area contributed by atoms with Crippen molar-refractivity contribution in [1.82, 2.24) is 5.32 Å². The Kier molecular flexibility index (Phi) is 3.91. The highest BCUT2D eigenvalue weighted by molar-refractivity contribution is 5.80. The van der Waals surface area contributed by atoms with Crippen LogP contribution in [0.25, 0.3) is 0 Å². The summed E-state index contributed by atoms with van der Waals surface area (Å²) in [6, 6.07) is 0.538. The quantitative estimate of drug-likeness (QED) is 0.689. The molecule has 1 saturated carbocycles. The van der Waals surface area contributed by atoms with Crippen LogP contribution in [-0.2, 0) is 4.79 Å². The third-order valence-corrected chi connectivity index (χ3v) is 2.59. The molecular weight excluding hydrogens is 190 g/mol. The molecule has 0 saturated heterocycles. The standard InChI is InChI=1S/C12H21NO2/c1-12(2,3)13-10-6-4-9(5-7-10)8-11(14)15/h8,10,13H,4-7H2,1-3H3,(H,14,15). The molecule has 1 rings (SSSR count). The van der Waals surface area contributed by atoms with Crippen molar-refractivity contribution >= 4 is 5.97 Å². The smallest absolute Gasteiger partial charge is 0.328 e. The predicted molar refractivity (Wildman–Crippen MR) is 60.9 cm³/mol. The summed E-state index contributed by atoms with van der Waals surface area (Å²) >= 11 is 0. The van der Waals surface area contributed by atoms with E-state index in [4.69, 9.17) is 5.11 Å². The molecule has 1 fully saturated rings. The fourth-order valence-electron chi connectivity index (χ4n) is 2.06. The second-order valence-corrected chi connectivity index (χ2v) is 5.31. The second-order valence-electron chi connectivity index (χ2n) is 5.31. The van der Waals surface area contributed by atoms with Gasteiger partial charge in [-0.15, -0.1) is 0 Å². The fraction of sp³-hybridized carbons (Fsp3) is 0.750. The molecule has 0 aromatic rings. The van der Waals surface area contributed by atoms with Crippen molar-refractivity contribution in [1.29, 1.82) is 0 Å². The lowest BCUT2D eigenvalue weighted by Crippen LogP contribution is -2.44. The van der Waals surface area contributed by atoms with Crippen molar-refractivity contribution in [2.24, 2.45) is 0 Å². The molecule has 0 unspecified atom stereocenters. The molecule has 0 bridgehead atoms. The van der Waals surface area contributed by atoms with E-state index in [0.29, 0.717) is 6.04 Å². The van der Waals surface area contributed by atoms with Gasteiger partial charge in [-0.25, -0.2) is 4.79 Å². The number of aliphatic carboxylic acids is 1. The Morgan fingerprint density at radius 2 is 1.93 bits per heavy atom. The Bertz CT molecular complexity index is 253. The molecular formula is C12H21NO2. The SMILES string of the molecule is CC(C)(C)NC1CCC(=CC(=O)O)CC1. The first-order chi connectivity index (χ1) is 6.87. The van der Waals surface area contributed by atoms with Crippen LogP contribution in [0.1, 0.15) is 46.5 Å². The number of nitrogens with one attached hydrogen (secondary N) is 1. The van der Waals surface area contributed by atoms with Crippen LogP contribution in [0.3, 0.4) is 0 Å². The Balaban J connectivity index is 2.39. The first kappa shape index (κ1) is 12.2. The normalized spacial score (nSPS) is 22.6. The number of allylic oxidation sites excluding steroid dienone is 1. The van der Waals surface area contributed by atoms with Gasteiger partial charge in [0.2, 0.25) is 0 Å². The average Bonchev–Trinajstić information content (AvgIpc) is 2.05. The third kappa shape index (κ3) is 4.98. The summed E-state index contributed by atoms with van der Waals surface area (Å²) in [7, 11) is 0. The molecule has 86 valence electrons. The molecule has 0 atom stereocenters. The van der Waals surface area contributed by atoms with E-state index in [1.54, 1.807) is 0 Å². The highest BCUT2D eigenvalue weighted by Crippen LogP contribution is 2.24. The Hall–Kier alpha value is -0.830. The minimum Gasteiger partial charge on any atom is -0.478 e. The second kappa shape index (κ2) is 4.79. The van der Waals surface area contributed by atoms with E-state index in [0.717, 1.165) is 31.3 Å². The predicted octanol–water partition coefficient (Wildman–Crippen LogP) is 2.33. The number of hydrogen-bond donors (Lipinski definition) is 2. The summed E-state index contributed by atoms with van der Waals surface area (Å²) in [6.45, 7) is 6.49. The van der Waals surface area contributed by atoms with Crippen LogP contribution in [-0.4, -0.2) is 22.7 Å². The third-order valence-electron chi connectivity index (χ3n) is 2.59. The van der Waals surface area contributed by atoms with Gasteiger partial charge in [-0.1, -0.05) is 5.57 Å². The van der Waals surface area contributed by atoms with Gasteiger partial charge in [-0.05, 0) is 46.5 Å². The van der Waals surface area contributed by atoms with Gasteiger partial charge in [-0.2, -0.15) is 0 Å². The number of carboxylic acids is 1. The lowest BCUT2D eigenvalue weighted by Gasteiger charge is -2.32. The van der Waals surface area contributed by atoms with Gasteiger partial charge < -0.3 is 10.4 Å². The molecule has 0 aliphatic heterocycles. The zero-order chi connectivity index (χ0) is 11.5. The zero-order valence-corrected chi connectivity index (χ0v) is 9.84. The van der Waals surface area contributed by atoms with Gasteiger partial charge in [0.05, 0.1) is 0 Å². The molecule has 3 nitrogen and oxygen atoms in total. The number of carboxylic acid groups (broad SMARTS) is 1. The van der Waals surface area contributed by atoms with Crippen LogP contribution in [0, 0.1) is 0 Å². The summed E-state index contributed by atoms with van der Waals surface area (Å²) in [5.74, 6) is -0.813. The van der Waals surface area contributed by atoms with Crippen molar-refractivity contribution < 1.29 is 9.90 Å². The highest BCUT2D eigenvalue weighted by Gasteiger charge is 2.21. The molecule has 0 spiro atoms. The maximum absolute atomic E-state index is 10.5.